The van der Waals surface area contributed by atoms with Crippen molar-refractivity contribution in [3.05, 3.63) is 87.2 Å². The van der Waals surface area contributed by atoms with E-state index in [0.29, 0.717) is 10.9 Å². The van der Waals surface area contributed by atoms with Gasteiger partial charge in [0.25, 0.3) is 11.8 Å². The third-order valence-electron chi connectivity index (χ3n) is 5.35. The Morgan fingerprint density at radius 3 is 2.59 bits per heavy atom. The summed E-state index contributed by atoms with van der Waals surface area (Å²) >= 11 is 7.09. The predicted molar refractivity (Wildman–Crippen MR) is 134 cm³/mol. The van der Waals surface area contributed by atoms with Crippen LogP contribution in [0.4, 0.5) is 18.9 Å². The van der Waals surface area contributed by atoms with Gasteiger partial charge in [0.2, 0.25) is 0 Å². The van der Waals surface area contributed by atoms with Gasteiger partial charge in [0.05, 0.1) is 21.2 Å². The smallest absolute Gasteiger partial charge is 0.416 e. The summed E-state index contributed by atoms with van der Waals surface area (Å²) in [6.07, 6.45) is -2.85. The second-order valence-corrected chi connectivity index (χ2v) is 9.27. The van der Waals surface area contributed by atoms with E-state index in [1.807, 2.05) is 24.3 Å². The van der Waals surface area contributed by atoms with E-state index in [9.17, 15) is 27.6 Å². The third-order valence-corrected chi connectivity index (χ3v) is 6.55. The van der Waals surface area contributed by atoms with E-state index in [2.05, 4.69) is 15.6 Å². The van der Waals surface area contributed by atoms with Gasteiger partial charge in [-0.1, -0.05) is 35.9 Å². The molecule has 12 heteroatoms. The molecular weight excluding hydrogens is 531 g/mol. The molecule has 0 spiro atoms. The summed E-state index contributed by atoms with van der Waals surface area (Å²) in [6, 6.07) is 12.0. The highest BCUT2D eigenvalue weighted by Crippen LogP contribution is 2.33. The number of halogens is 4. The molecule has 0 saturated heterocycles. The average molecular weight is 550 g/mol. The summed E-state index contributed by atoms with van der Waals surface area (Å²) in [5.74, 6) is -2.28. The summed E-state index contributed by atoms with van der Waals surface area (Å²) in [5.41, 5.74) is 0.300. The fourth-order valence-electron chi connectivity index (χ4n) is 3.57. The minimum Gasteiger partial charge on any atom is -0.454 e. The third kappa shape index (κ3) is 6.49. The number of benzene rings is 2. The van der Waals surface area contributed by atoms with Gasteiger partial charge >= 0.3 is 12.1 Å². The Morgan fingerprint density at radius 1 is 1.08 bits per heavy atom. The van der Waals surface area contributed by atoms with E-state index in [1.54, 1.807) is 23.7 Å². The lowest BCUT2D eigenvalue weighted by atomic mass is 10.0. The number of rotatable bonds is 8. The van der Waals surface area contributed by atoms with E-state index in [1.165, 1.54) is 11.3 Å². The summed E-state index contributed by atoms with van der Waals surface area (Å²) < 4.78 is 44.1. The fraction of sp³-hybridized carbons (Fsp3) is 0.160. The maximum atomic E-state index is 13.0. The average Bonchev–Trinajstić information content (AvgIpc) is 3.53. The predicted octanol–water partition coefficient (Wildman–Crippen LogP) is 5.42. The zero-order valence-corrected chi connectivity index (χ0v) is 20.5. The van der Waals surface area contributed by atoms with Crippen LogP contribution in [-0.4, -0.2) is 35.4 Å². The lowest BCUT2D eigenvalue weighted by Crippen LogP contribution is -2.43. The normalized spacial score (nSPS) is 12.2. The lowest BCUT2D eigenvalue weighted by molar-refractivity contribution is -0.149. The molecule has 0 unspecified atom stereocenters. The zero-order chi connectivity index (χ0) is 26.6. The van der Waals surface area contributed by atoms with Gasteiger partial charge in [-0.05, 0) is 41.3 Å². The molecule has 0 aliphatic rings. The summed E-state index contributed by atoms with van der Waals surface area (Å²) in [5, 5.41) is 7.29. The van der Waals surface area contributed by atoms with Crippen LogP contribution in [0.2, 0.25) is 5.02 Å². The van der Waals surface area contributed by atoms with Crippen LogP contribution in [0.15, 0.2) is 66.2 Å². The van der Waals surface area contributed by atoms with Crippen LogP contribution in [-0.2, 0) is 26.9 Å². The minimum absolute atomic E-state index is 0.0705. The van der Waals surface area contributed by atoms with Crippen molar-refractivity contribution in [1.29, 1.82) is 0 Å². The van der Waals surface area contributed by atoms with Crippen LogP contribution in [0.1, 0.15) is 20.8 Å². The number of aromatic nitrogens is 1. The van der Waals surface area contributed by atoms with Crippen molar-refractivity contribution in [2.75, 3.05) is 11.9 Å². The molecule has 0 aliphatic carbocycles. The molecule has 37 heavy (non-hydrogen) atoms. The first-order chi connectivity index (χ1) is 17.6. The first kappa shape index (κ1) is 26.2. The number of hydrogen-bond acceptors (Lipinski definition) is 5. The molecular formula is C25H19ClF3N3O4S. The molecule has 2 aromatic carbocycles. The number of amides is 2. The fourth-order valence-corrected chi connectivity index (χ4v) is 4.36. The number of nitrogens with one attached hydrogen (secondary N) is 3. The highest BCUT2D eigenvalue weighted by atomic mass is 35.5. The van der Waals surface area contributed by atoms with Crippen molar-refractivity contribution in [2.24, 2.45) is 0 Å². The molecule has 0 aliphatic heterocycles. The van der Waals surface area contributed by atoms with Crippen molar-refractivity contribution in [3.63, 3.8) is 0 Å². The molecule has 0 radical (unpaired) electrons. The quantitative estimate of drug-likeness (QED) is 0.255. The van der Waals surface area contributed by atoms with Gasteiger partial charge in [-0.15, -0.1) is 11.3 Å². The SMILES string of the molecule is O=C(COC(=O)[C@H](Cc1c[nH]c2ccccc12)NC(=O)c1cccs1)Nc1cc(C(F)(F)F)ccc1Cl. The van der Waals surface area contributed by atoms with E-state index in [0.717, 1.165) is 28.6 Å². The Balaban J connectivity index is 1.46. The first-order valence-electron chi connectivity index (χ1n) is 10.8. The molecule has 0 saturated carbocycles. The van der Waals surface area contributed by atoms with Crippen molar-refractivity contribution in [1.82, 2.24) is 10.3 Å². The summed E-state index contributed by atoms with van der Waals surface area (Å²) in [7, 11) is 0. The van der Waals surface area contributed by atoms with E-state index in [-0.39, 0.29) is 17.1 Å². The minimum atomic E-state index is -4.63. The van der Waals surface area contributed by atoms with Gasteiger partial charge in [0.15, 0.2) is 6.61 Å². The number of carbonyl (C=O) groups excluding carboxylic acids is 3. The Bertz CT molecular complexity index is 1440. The highest BCUT2D eigenvalue weighted by Gasteiger charge is 2.31. The van der Waals surface area contributed by atoms with Gasteiger partial charge in [-0.2, -0.15) is 13.2 Å². The van der Waals surface area contributed by atoms with Crippen LogP contribution < -0.4 is 10.6 Å². The maximum absolute atomic E-state index is 13.0. The van der Waals surface area contributed by atoms with E-state index < -0.39 is 42.2 Å². The molecule has 1 atom stereocenters. The number of thiophene rings is 1. The highest BCUT2D eigenvalue weighted by molar-refractivity contribution is 7.12. The second kappa shape index (κ2) is 11.1. The van der Waals surface area contributed by atoms with Gasteiger partial charge in [0, 0.05) is 23.5 Å². The largest absolute Gasteiger partial charge is 0.454 e. The van der Waals surface area contributed by atoms with Gasteiger partial charge in [0.1, 0.15) is 6.04 Å². The Labute approximate surface area is 217 Å². The summed E-state index contributed by atoms with van der Waals surface area (Å²) in [4.78, 5) is 41.4. The number of anilines is 1. The molecule has 4 aromatic rings. The summed E-state index contributed by atoms with van der Waals surface area (Å²) in [6.45, 7) is -0.801. The first-order valence-corrected chi connectivity index (χ1v) is 12.1. The van der Waals surface area contributed by atoms with E-state index in [4.69, 9.17) is 16.3 Å². The van der Waals surface area contributed by atoms with Crippen LogP contribution in [0.5, 0.6) is 0 Å². The molecule has 4 rings (SSSR count). The number of alkyl halides is 3. The number of aromatic amines is 1. The van der Waals surface area contributed by atoms with Crippen LogP contribution >= 0.6 is 22.9 Å². The maximum Gasteiger partial charge on any atom is 0.416 e. The van der Waals surface area contributed by atoms with Gasteiger partial charge in [-0.3, -0.25) is 9.59 Å². The Hall–Kier alpha value is -3.83. The molecule has 0 bridgehead atoms. The Morgan fingerprint density at radius 2 is 1.86 bits per heavy atom. The molecule has 2 aromatic heterocycles. The van der Waals surface area contributed by atoms with Gasteiger partial charge in [-0.25, -0.2) is 4.79 Å². The topological polar surface area (TPSA) is 100 Å². The molecule has 3 N–H and O–H groups in total. The van der Waals surface area contributed by atoms with Crippen molar-refractivity contribution >= 4 is 57.3 Å². The number of esters is 1. The van der Waals surface area contributed by atoms with Crippen LogP contribution in [0, 0.1) is 0 Å². The van der Waals surface area contributed by atoms with Gasteiger partial charge < -0.3 is 20.4 Å². The van der Waals surface area contributed by atoms with Crippen molar-refractivity contribution in [2.45, 2.75) is 18.6 Å². The number of ether oxygens (including phenoxy) is 1. The number of H-pyrrole nitrogens is 1. The van der Waals surface area contributed by atoms with Crippen LogP contribution in [0.3, 0.4) is 0 Å². The molecule has 2 heterocycles. The monoisotopic (exact) mass is 549 g/mol. The lowest BCUT2D eigenvalue weighted by Gasteiger charge is -2.17. The van der Waals surface area contributed by atoms with Crippen molar-refractivity contribution < 1.29 is 32.3 Å². The number of carbonyl (C=O) groups is 3. The number of para-hydroxylation sites is 1. The standard InChI is InChI=1S/C25H19ClF3N3O4S/c26-17-8-7-15(25(27,28)29)11-19(17)31-22(33)13-36-24(35)20(32-23(34)21-6-3-9-37-21)10-14-12-30-18-5-2-1-4-16(14)18/h1-9,11-12,20,30H,10,13H2,(H,31,33)(H,32,34)/t20-/m0/s1. The molecule has 192 valence electrons. The molecule has 0 fully saturated rings. The molecule has 2 amide bonds. The number of hydrogen-bond donors (Lipinski definition) is 3. The zero-order valence-electron chi connectivity index (χ0n) is 18.9. The van der Waals surface area contributed by atoms with E-state index >= 15 is 0 Å². The second-order valence-electron chi connectivity index (χ2n) is 7.92. The number of fused-ring (bicyclic) bond motifs is 1. The van der Waals surface area contributed by atoms with Crippen molar-refractivity contribution in [3.8, 4) is 0 Å². The van der Waals surface area contributed by atoms with Crippen LogP contribution in [0.25, 0.3) is 10.9 Å². The Kier molecular flexibility index (Phi) is 7.84. The molecule has 7 nitrogen and oxygen atoms in total.